The minimum Gasteiger partial charge on any atom is -0.339 e. The highest BCUT2D eigenvalue weighted by Crippen LogP contribution is 2.23. The van der Waals surface area contributed by atoms with Crippen LogP contribution in [-0.2, 0) is 18.9 Å². The Morgan fingerprint density at radius 1 is 1.17 bits per heavy atom. The van der Waals surface area contributed by atoms with Crippen LogP contribution in [0.1, 0.15) is 17.4 Å². The molecule has 3 aromatic rings. The molecule has 2 amide bonds. The van der Waals surface area contributed by atoms with Gasteiger partial charge in [-0.05, 0) is 13.0 Å². The summed E-state index contributed by atoms with van der Waals surface area (Å²) in [4.78, 5) is 60.5. The Labute approximate surface area is 169 Å². The number of amides is 2. The fourth-order valence-corrected chi connectivity index (χ4v) is 2.70. The number of fused-ring (bicyclic) bond motifs is 1. The van der Waals surface area contributed by atoms with Crippen LogP contribution in [0.15, 0.2) is 40.1 Å². The third-order valence-electron chi connectivity index (χ3n) is 4.41. The molecule has 152 valence electrons. The van der Waals surface area contributed by atoms with E-state index in [1.807, 2.05) is 0 Å². The van der Waals surface area contributed by atoms with Gasteiger partial charge in [0, 0.05) is 19.8 Å². The van der Waals surface area contributed by atoms with Crippen LogP contribution >= 0.6 is 0 Å². The Hall–Kier alpha value is -4.33. The Morgan fingerprint density at radius 2 is 1.87 bits per heavy atom. The van der Waals surface area contributed by atoms with Crippen LogP contribution in [0.5, 0.6) is 0 Å². The first-order valence-electron chi connectivity index (χ1n) is 8.75. The molecular weight excluding hydrogens is 390 g/mol. The third-order valence-corrected chi connectivity index (χ3v) is 4.41. The van der Waals surface area contributed by atoms with Gasteiger partial charge >= 0.3 is 5.69 Å². The van der Waals surface area contributed by atoms with E-state index >= 15 is 0 Å². The van der Waals surface area contributed by atoms with Crippen molar-refractivity contribution in [2.24, 2.45) is 14.1 Å². The molecule has 0 aliphatic rings. The smallest absolute Gasteiger partial charge is 0.332 e. The van der Waals surface area contributed by atoms with E-state index in [9.17, 15) is 19.2 Å². The second-order valence-corrected chi connectivity index (χ2v) is 6.45. The molecule has 0 aliphatic heterocycles. The summed E-state index contributed by atoms with van der Waals surface area (Å²) < 4.78 is 2.01. The lowest BCUT2D eigenvalue weighted by Crippen LogP contribution is -2.42. The first-order chi connectivity index (χ1) is 14.2. The second-order valence-electron chi connectivity index (χ2n) is 6.45. The van der Waals surface area contributed by atoms with E-state index in [-0.39, 0.29) is 22.5 Å². The van der Waals surface area contributed by atoms with Crippen molar-refractivity contribution in [1.82, 2.24) is 24.4 Å². The van der Waals surface area contributed by atoms with Crippen LogP contribution in [-0.4, -0.2) is 37.0 Å². The number of aryl methyl sites for hydroxylation is 1. The lowest BCUT2D eigenvalue weighted by molar-refractivity contribution is -0.117. The average Bonchev–Trinajstić information content (AvgIpc) is 2.75. The summed E-state index contributed by atoms with van der Waals surface area (Å²) in [6.07, 6.45) is 1.12. The highest BCUT2D eigenvalue weighted by molar-refractivity contribution is 6.01. The van der Waals surface area contributed by atoms with Crippen molar-refractivity contribution in [2.45, 2.75) is 13.0 Å². The molecule has 11 nitrogen and oxygen atoms in total. The number of carbonyl (C=O) groups is 2. The fourth-order valence-electron chi connectivity index (χ4n) is 2.70. The predicted octanol–water partition coefficient (Wildman–Crippen LogP) is 0.335. The molecule has 0 radical (unpaired) electrons. The molecule has 2 N–H and O–H groups in total. The number of anilines is 1. The lowest BCUT2D eigenvalue weighted by Gasteiger charge is -2.15. The van der Waals surface area contributed by atoms with E-state index in [2.05, 4.69) is 25.4 Å². The molecule has 0 saturated heterocycles. The SMILES string of the molecule is [C-]#[N+]c1ccccc1NC(=O)[C@H](C)NC(=O)c1cnc2c(n1)c(=O)n(C)c(=O)n2C. The topological polar surface area (TPSA) is 132 Å². The van der Waals surface area contributed by atoms with Gasteiger partial charge in [0.15, 0.2) is 11.2 Å². The number of aromatic nitrogens is 4. The molecule has 11 heteroatoms. The van der Waals surface area contributed by atoms with Gasteiger partial charge in [-0.25, -0.2) is 19.6 Å². The standard InChI is InChI=1S/C19H17N7O4/c1-10(16(27)24-12-8-6-5-7-11(12)20-2)22-17(28)13-9-21-15-14(23-13)18(29)26(4)19(30)25(15)3/h5-10H,1,3-4H3,(H,22,28)(H,24,27)/t10-/m0/s1. The number of carbonyl (C=O) groups excluding carboxylic acids is 2. The van der Waals surface area contributed by atoms with E-state index in [0.717, 1.165) is 15.3 Å². The molecule has 1 atom stereocenters. The Kier molecular flexibility index (Phi) is 5.41. The number of nitrogens with one attached hydrogen (secondary N) is 2. The molecule has 2 aromatic heterocycles. The number of benzene rings is 1. The van der Waals surface area contributed by atoms with Gasteiger partial charge in [-0.2, -0.15) is 0 Å². The normalized spacial score (nSPS) is 11.5. The summed E-state index contributed by atoms with van der Waals surface area (Å²) >= 11 is 0. The molecular formula is C19H17N7O4. The molecule has 0 spiro atoms. The van der Waals surface area contributed by atoms with Gasteiger partial charge < -0.3 is 10.6 Å². The monoisotopic (exact) mass is 407 g/mol. The van der Waals surface area contributed by atoms with Crippen molar-refractivity contribution in [3.8, 4) is 0 Å². The zero-order chi connectivity index (χ0) is 22.0. The Balaban J connectivity index is 1.82. The summed E-state index contributed by atoms with van der Waals surface area (Å²) in [5, 5.41) is 5.05. The maximum atomic E-state index is 12.5. The first-order valence-corrected chi connectivity index (χ1v) is 8.75. The van der Waals surface area contributed by atoms with Gasteiger partial charge in [0.2, 0.25) is 11.6 Å². The van der Waals surface area contributed by atoms with Crippen molar-refractivity contribution in [2.75, 3.05) is 5.32 Å². The quantitative estimate of drug-likeness (QED) is 0.599. The van der Waals surface area contributed by atoms with Crippen LogP contribution in [0.25, 0.3) is 16.0 Å². The zero-order valence-corrected chi connectivity index (χ0v) is 16.3. The average molecular weight is 407 g/mol. The Bertz CT molecular complexity index is 1330. The van der Waals surface area contributed by atoms with E-state index < -0.39 is 29.1 Å². The van der Waals surface area contributed by atoms with Crippen LogP contribution in [0, 0.1) is 6.57 Å². The van der Waals surface area contributed by atoms with E-state index in [1.54, 1.807) is 24.3 Å². The maximum absolute atomic E-state index is 12.5. The van der Waals surface area contributed by atoms with Crippen molar-refractivity contribution in [3.63, 3.8) is 0 Å². The molecule has 30 heavy (non-hydrogen) atoms. The third kappa shape index (κ3) is 3.66. The summed E-state index contributed by atoms with van der Waals surface area (Å²) in [5.74, 6) is -1.26. The molecule has 0 saturated carbocycles. The molecule has 3 rings (SSSR count). The van der Waals surface area contributed by atoms with Crippen molar-refractivity contribution in [1.29, 1.82) is 0 Å². The maximum Gasteiger partial charge on any atom is 0.332 e. The van der Waals surface area contributed by atoms with Crippen LogP contribution in [0.3, 0.4) is 0 Å². The highest BCUT2D eigenvalue weighted by atomic mass is 16.2. The lowest BCUT2D eigenvalue weighted by atomic mass is 10.2. The minimum atomic E-state index is -0.961. The molecule has 0 bridgehead atoms. The number of rotatable bonds is 4. The van der Waals surface area contributed by atoms with Gasteiger partial charge in [-0.15, -0.1) is 0 Å². The van der Waals surface area contributed by atoms with Crippen molar-refractivity contribution in [3.05, 3.63) is 68.4 Å². The zero-order valence-electron chi connectivity index (χ0n) is 16.3. The van der Waals surface area contributed by atoms with Gasteiger partial charge in [0.1, 0.15) is 11.7 Å². The van der Waals surface area contributed by atoms with Gasteiger partial charge in [0.25, 0.3) is 11.5 Å². The molecule has 2 heterocycles. The number of hydrogen-bond donors (Lipinski definition) is 2. The highest BCUT2D eigenvalue weighted by Gasteiger charge is 2.20. The van der Waals surface area contributed by atoms with E-state index in [0.29, 0.717) is 5.69 Å². The van der Waals surface area contributed by atoms with Crippen LogP contribution in [0.2, 0.25) is 0 Å². The second kappa shape index (κ2) is 7.96. The Morgan fingerprint density at radius 3 is 2.57 bits per heavy atom. The fraction of sp³-hybridized carbons (Fsp3) is 0.211. The summed E-state index contributed by atoms with van der Waals surface area (Å²) in [7, 11) is 2.73. The van der Waals surface area contributed by atoms with E-state index in [1.165, 1.54) is 21.0 Å². The molecule has 0 unspecified atom stereocenters. The molecule has 1 aromatic carbocycles. The minimum absolute atomic E-state index is 0.0428. The predicted molar refractivity (Wildman–Crippen MR) is 108 cm³/mol. The van der Waals surface area contributed by atoms with Crippen LogP contribution < -0.4 is 21.9 Å². The molecule has 0 aliphatic carbocycles. The summed E-state index contributed by atoms with van der Waals surface area (Å²) in [6, 6.07) is 5.52. The van der Waals surface area contributed by atoms with E-state index in [4.69, 9.17) is 6.57 Å². The van der Waals surface area contributed by atoms with Crippen LogP contribution in [0.4, 0.5) is 11.4 Å². The molecule has 0 fully saturated rings. The summed E-state index contributed by atoms with van der Waals surface area (Å²) in [6.45, 7) is 8.59. The number of nitrogens with zero attached hydrogens (tertiary/aromatic N) is 5. The number of hydrogen-bond acceptors (Lipinski definition) is 6. The van der Waals surface area contributed by atoms with Gasteiger partial charge in [-0.3, -0.25) is 23.5 Å². The van der Waals surface area contributed by atoms with Gasteiger partial charge in [-0.1, -0.05) is 18.2 Å². The number of para-hydroxylation sites is 2. The first kappa shape index (κ1) is 20.4. The summed E-state index contributed by atoms with van der Waals surface area (Å²) in [5.41, 5.74) is -0.934. The van der Waals surface area contributed by atoms with Crippen molar-refractivity contribution < 1.29 is 9.59 Å². The van der Waals surface area contributed by atoms with Crippen molar-refractivity contribution >= 4 is 34.4 Å². The largest absolute Gasteiger partial charge is 0.339 e. The van der Waals surface area contributed by atoms with Gasteiger partial charge in [0.05, 0.1) is 12.8 Å².